The van der Waals surface area contributed by atoms with Gasteiger partial charge in [0.2, 0.25) is 0 Å². The maximum absolute atomic E-state index is 7.40. The topological polar surface area (TPSA) is 33.1 Å². The molecule has 2 nitrogen and oxygen atoms in total. The summed E-state index contributed by atoms with van der Waals surface area (Å²) in [6.07, 6.45) is 13.3. The molecular formula is C18H31NO. The predicted octanol–water partition coefficient (Wildman–Crippen LogP) is 5.50. The molecule has 1 aliphatic carbocycles. The van der Waals surface area contributed by atoms with Crippen molar-refractivity contribution in [2.45, 2.75) is 66.2 Å². The molecule has 20 heavy (non-hydrogen) atoms. The lowest BCUT2D eigenvalue weighted by molar-refractivity contribution is 0.233. The molecule has 1 N–H and O–H groups in total. The van der Waals surface area contributed by atoms with Gasteiger partial charge >= 0.3 is 0 Å². The molecule has 1 rings (SSSR count). The van der Waals surface area contributed by atoms with E-state index in [0.29, 0.717) is 5.92 Å². The number of hydrogen-bond acceptors (Lipinski definition) is 2. The maximum Gasteiger partial charge on any atom is 0.109 e. The molecule has 0 spiro atoms. The van der Waals surface area contributed by atoms with Crippen molar-refractivity contribution < 1.29 is 4.74 Å². The summed E-state index contributed by atoms with van der Waals surface area (Å²) in [5.41, 5.74) is 1.48. The van der Waals surface area contributed by atoms with Crippen LogP contribution in [0.1, 0.15) is 66.2 Å². The molecule has 0 aromatic carbocycles. The summed E-state index contributed by atoms with van der Waals surface area (Å²) in [7, 11) is 0. The van der Waals surface area contributed by atoms with Crippen molar-refractivity contribution in [2.24, 2.45) is 11.3 Å². The molecule has 0 aromatic heterocycles. The van der Waals surface area contributed by atoms with Crippen LogP contribution in [0.25, 0.3) is 0 Å². The minimum atomic E-state index is 0.0176. The lowest BCUT2D eigenvalue weighted by Crippen LogP contribution is -2.13. The van der Waals surface area contributed by atoms with Gasteiger partial charge < -0.3 is 10.1 Å². The fraction of sp³-hybridized carbons (Fsp3) is 0.722. The van der Waals surface area contributed by atoms with E-state index in [9.17, 15) is 0 Å². The number of allylic oxidation sites excluding steroid dienone is 3. The van der Waals surface area contributed by atoms with Gasteiger partial charge in [0.25, 0.3) is 0 Å². The Morgan fingerprint density at radius 3 is 2.80 bits per heavy atom. The fourth-order valence-electron chi connectivity index (χ4n) is 2.45. The van der Waals surface area contributed by atoms with Crippen LogP contribution in [0.5, 0.6) is 0 Å². The predicted molar refractivity (Wildman–Crippen MR) is 87.2 cm³/mol. The lowest BCUT2D eigenvalue weighted by Gasteiger charge is -2.20. The molecule has 0 saturated heterocycles. The van der Waals surface area contributed by atoms with Crippen LogP contribution in [0.3, 0.4) is 0 Å². The smallest absolute Gasteiger partial charge is 0.109 e. The Kier molecular flexibility index (Phi) is 7.04. The van der Waals surface area contributed by atoms with E-state index in [1.807, 2.05) is 0 Å². The second-order valence-corrected chi connectivity index (χ2v) is 6.82. The van der Waals surface area contributed by atoms with Gasteiger partial charge in [-0.25, -0.2) is 0 Å². The molecule has 0 fully saturated rings. The van der Waals surface area contributed by atoms with Gasteiger partial charge in [0.05, 0.1) is 5.76 Å². The average molecular weight is 277 g/mol. The summed E-state index contributed by atoms with van der Waals surface area (Å²) in [6.45, 7) is 9.29. The van der Waals surface area contributed by atoms with Crippen molar-refractivity contribution in [1.29, 1.82) is 5.41 Å². The molecule has 0 heterocycles. The molecule has 0 amide bonds. The molecular weight excluding hydrogens is 246 g/mol. The van der Waals surface area contributed by atoms with Crippen molar-refractivity contribution >= 4 is 6.21 Å². The maximum atomic E-state index is 7.40. The molecule has 0 saturated carbocycles. The van der Waals surface area contributed by atoms with E-state index < -0.39 is 0 Å². The van der Waals surface area contributed by atoms with Crippen LogP contribution >= 0.6 is 0 Å². The highest BCUT2D eigenvalue weighted by atomic mass is 16.5. The van der Waals surface area contributed by atoms with Crippen molar-refractivity contribution in [2.75, 3.05) is 6.61 Å². The zero-order valence-electron chi connectivity index (χ0n) is 13.7. The highest BCUT2D eigenvalue weighted by molar-refractivity contribution is 5.60. The van der Waals surface area contributed by atoms with E-state index in [2.05, 4.69) is 39.8 Å². The van der Waals surface area contributed by atoms with Crippen LogP contribution in [0.2, 0.25) is 0 Å². The Morgan fingerprint density at radius 1 is 1.45 bits per heavy atom. The third-order valence-electron chi connectivity index (χ3n) is 4.02. The van der Waals surface area contributed by atoms with Crippen molar-refractivity contribution in [3.63, 3.8) is 0 Å². The van der Waals surface area contributed by atoms with Crippen molar-refractivity contribution in [3.05, 3.63) is 23.5 Å². The second kappa shape index (κ2) is 8.28. The third kappa shape index (κ3) is 6.93. The molecule has 0 bridgehead atoms. The quantitative estimate of drug-likeness (QED) is 0.355. The molecule has 0 aliphatic heterocycles. The van der Waals surface area contributed by atoms with Gasteiger partial charge in [-0.2, -0.15) is 0 Å². The van der Waals surface area contributed by atoms with Crippen LogP contribution in [0.4, 0.5) is 0 Å². The first kappa shape index (κ1) is 17.0. The second-order valence-electron chi connectivity index (χ2n) is 6.82. The standard InChI is InChI=1S/C18H31NO/c1-15(10-11-18(3,4)14-19)12-16(2)20-13-17-8-6-5-7-9-17/h8,12,14-15,19H,5-7,9-11,13H2,1-4H3/b16-12+,19-14?. The Balaban J connectivity index is 2.32. The summed E-state index contributed by atoms with van der Waals surface area (Å²) in [4.78, 5) is 0. The largest absolute Gasteiger partial charge is 0.494 e. The summed E-state index contributed by atoms with van der Waals surface area (Å²) in [5.74, 6) is 1.55. The van der Waals surface area contributed by atoms with Crippen LogP contribution in [-0.2, 0) is 4.74 Å². The van der Waals surface area contributed by atoms with Gasteiger partial charge in [-0.15, -0.1) is 0 Å². The summed E-state index contributed by atoms with van der Waals surface area (Å²) in [5, 5.41) is 7.40. The van der Waals surface area contributed by atoms with Gasteiger partial charge in [0.15, 0.2) is 0 Å². The fourth-order valence-corrected chi connectivity index (χ4v) is 2.45. The Labute approximate surface area is 124 Å². The SMILES string of the molecule is C/C(=C\C(C)CCC(C)(C)C=N)OCC1=CCCCC1. The zero-order valence-corrected chi connectivity index (χ0v) is 13.7. The Hall–Kier alpha value is -1.05. The first-order valence-corrected chi connectivity index (χ1v) is 7.94. The highest BCUT2D eigenvalue weighted by Crippen LogP contribution is 2.24. The number of hydrogen-bond donors (Lipinski definition) is 1. The van der Waals surface area contributed by atoms with Crippen LogP contribution in [-0.4, -0.2) is 12.8 Å². The lowest BCUT2D eigenvalue weighted by atomic mass is 9.86. The molecule has 0 radical (unpaired) electrons. The normalized spacial score (nSPS) is 18.4. The van der Waals surface area contributed by atoms with E-state index in [1.54, 1.807) is 6.21 Å². The zero-order chi connectivity index (χ0) is 15.0. The minimum Gasteiger partial charge on any atom is -0.494 e. The number of ether oxygens (including phenoxy) is 1. The summed E-state index contributed by atoms with van der Waals surface area (Å²) < 4.78 is 5.86. The van der Waals surface area contributed by atoms with Crippen LogP contribution in [0, 0.1) is 16.7 Å². The van der Waals surface area contributed by atoms with E-state index in [1.165, 1.54) is 31.3 Å². The molecule has 0 aromatic rings. The summed E-state index contributed by atoms with van der Waals surface area (Å²) in [6, 6.07) is 0. The monoisotopic (exact) mass is 277 g/mol. The molecule has 1 aliphatic rings. The Bertz CT molecular complexity index is 366. The molecule has 1 unspecified atom stereocenters. The van der Waals surface area contributed by atoms with E-state index in [4.69, 9.17) is 10.1 Å². The van der Waals surface area contributed by atoms with E-state index in [0.717, 1.165) is 25.2 Å². The van der Waals surface area contributed by atoms with Gasteiger partial charge in [-0.1, -0.05) is 26.8 Å². The first-order chi connectivity index (χ1) is 9.43. The van der Waals surface area contributed by atoms with Crippen molar-refractivity contribution in [1.82, 2.24) is 0 Å². The summed E-state index contributed by atoms with van der Waals surface area (Å²) >= 11 is 0. The minimum absolute atomic E-state index is 0.0176. The average Bonchev–Trinajstić information content (AvgIpc) is 2.44. The van der Waals surface area contributed by atoms with Crippen LogP contribution < -0.4 is 0 Å². The van der Waals surface area contributed by atoms with Crippen LogP contribution in [0.15, 0.2) is 23.5 Å². The molecule has 2 heteroatoms. The van der Waals surface area contributed by atoms with Gasteiger partial charge in [-0.3, -0.25) is 0 Å². The van der Waals surface area contributed by atoms with Crippen molar-refractivity contribution in [3.8, 4) is 0 Å². The van der Waals surface area contributed by atoms with E-state index >= 15 is 0 Å². The first-order valence-electron chi connectivity index (χ1n) is 7.94. The number of rotatable bonds is 8. The van der Waals surface area contributed by atoms with Gasteiger partial charge in [0.1, 0.15) is 6.61 Å². The highest BCUT2D eigenvalue weighted by Gasteiger charge is 2.15. The number of nitrogens with one attached hydrogen (secondary N) is 1. The Morgan fingerprint density at radius 2 is 2.20 bits per heavy atom. The molecule has 114 valence electrons. The molecule has 1 atom stereocenters. The van der Waals surface area contributed by atoms with Gasteiger partial charge in [0, 0.05) is 6.21 Å². The third-order valence-corrected chi connectivity index (χ3v) is 4.02. The van der Waals surface area contributed by atoms with Gasteiger partial charge in [-0.05, 0) is 68.4 Å². The van der Waals surface area contributed by atoms with E-state index in [-0.39, 0.29) is 5.41 Å².